The third-order valence-corrected chi connectivity index (χ3v) is 5.39. The highest BCUT2D eigenvalue weighted by Crippen LogP contribution is 2.34. The maximum absolute atomic E-state index is 13.2. The lowest BCUT2D eigenvalue weighted by atomic mass is 9.78. The van der Waals surface area contributed by atoms with E-state index < -0.39 is 17.5 Å². The van der Waals surface area contributed by atoms with Crippen molar-refractivity contribution in [1.29, 1.82) is 0 Å². The van der Waals surface area contributed by atoms with E-state index in [1.807, 2.05) is 32.9 Å². The molecular formula is C20H28N4O2. The number of fused-ring (bicyclic) bond motifs is 3. The fourth-order valence-electron chi connectivity index (χ4n) is 4.01. The number of benzene rings is 1. The monoisotopic (exact) mass is 356 g/mol. The molecule has 0 bridgehead atoms. The number of hydrogen-bond donors (Lipinski definition) is 4. The van der Waals surface area contributed by atoms with E-state index in [0.29, 0.717) is 19.4 Å². The molecule has 5 N–H and O–H groups in total. The second kappa shape index (κ2) is 7.11. The number of aromatic nitrogens is 1. The zero-order valence-electron chi connectivity index (χ0n) is 15.7. The van der Waals surface area contributed by atoms with Crippen LogP contribution in [0, 0.1) is 5.92 Å². The summed E-state index contributed by atoms with van der Waals surface area (Å²) in [5.41, 5.74) is 8.24. The maximum Gasteiger partial charge on any atom is 0.241 e. The standard InChI is InChI=1S/C20H28N4O2/c1-4-22-20(19(26)24-17(12(2)3)18(21)25)10-9-16-14(11-20)13-7-5-6-8-15(13)23-16/h5-8,12,17,22-23H,4,9-11H2,1-3H3,(H2,21,25)(H,24,26)/t17-,20-/m0/s1. The number of amides is 2. The molecule has 2 aromatic rings. The van der Waals surface area contributed by atoms with Gasteiger partial charge in [0.1, 0.15) is 11.6 Å². The fourth-order valence-corrected chi connectivity index (χ4v) is 4.01. The van der Waals surface area contributed by atoms with E-state index in [0.717, 1.165) is 17.3 Å². The van der Waals surface area contributed by atoms with Crippen LogP contribution in [0.25, 0.3) is 10.9 Å². The quantitative estimate of drug-likeness (QED) is 0.633. The van der Waals surface area contributed by atoms with Crippen LogP contribution in [0.3, 0.4) is 0 Å². The average molecular weight is 356 g/mol. The molecular weight excluding hydrogens is 328 g/mol. The summed E-state index contributed by atoms with van der Waals surface area (Å²) in [6.45, 7) is 6.43. The molecule has 26 heavy (non-hydrogen) atoms. The predicted octanol–water partition coefficient (Wildman–Crippen LogP) is 1.63. The predicted molar refractivity (Wildman–Crippen MR) is 103 cm³/mol. The van der Waals surface area contributed by atoms with E-state index in [9.17, 15) is 9.59 Å². The molecule has 0 saturated heterocycles. The van der Waals surface area contributed by atoms with Gasteiger partial charge in [-0.2, -0.15) is 0 Å². The first-order chi connectivity index (χ1) is 12.4. The molecule has 1 aromatic carbocycles. The smallest absolute Gasteiger partial charge is 0.241 e. The number of rotatable bonds is 6. The Morgan fingerprint density at radius 1 is 1.31 bits per heavy atom. The number of likely N-dealkylation sites (N-methyl/N-ethyl adjacent to an activating group) is 1. The summed E-state index contributed by atoms with van der Waals surface area (Å²) in [4.78, 5) is 28.4. The van der Waals surface area contributed by atoms with Crippen molar-refractivity contribution < 1.29 is 9.59 Å². The number of primary amides is 1. The van der Waals surface area contributed by atoms with Crippen molar-refractivity contribution in [1.82, 2.24) is 15.6 Å². The summed E-state index contributed by atoms with van der Waals surface area (Å²) >= 11 is 0. The Balaban J connectivity index is 1.94. The number of carbonyl (C=O) groups is 2. The molecule has 2 amide bonds. The Bertz CT molecular complexity index is 826. The second-order valence-corrected chi connectivity index (χ2v) is 7.51. The van der Waals surface area contributed by atoms with Gasteiger partial charge in [-0.05, 0) is 36.9 Å². The minimum atomic E-state index is -0.727. The number of nitrogens with one attached hydrogen (secondary N) is 3. The van der Waals surface area contributed by atoms with Crippen LogP contribution in [-0.2, 0) is 22.4 Å². The van der Waals surface area contributed by atoms with Crippen LogP contribution in [0.4, 0.5) is 0 Å². The minimum Gasteiger partial charge on any atom is -0.368 e. The van der Waals surface area contributed by atoms with Crippen LogP contribution in [-0.4, -0.2) is 34.9 Å². The van der Waals surface area contributed by atoms with Crippen LogP contribution in [0.1, 0.15) is 38.4 Å². The molecule has 140 valence electrons. The van der Waals surface area contributed by atoms with Gasteiger partial charge in [0.05, 0.1) is 0 Å². The summed E-state index contributed by atoms with van der Waals surface area (Å²) < 4.78 is 0. The lowest BCUT2D eigenvalue weighted by Crippen LogP contribution is -2.63. The zero-order valence-corrected chi connectivity index (χ0v) is 15.7. The topological polar surface area (TPSA) is 100 Å². The molecule has 0 radical (unpaired) electrons. The van der Waals surface area contributed by atoms with Crippen LogP contribution >= 0.6 is 0 Å². The van der Waals surface area contributed by atoms with Crippen molar-refractivity contribution in [2.75, 3.05) is 6.54 Å². The molecule has 0 saturated carbocycles. The molecule has 1 aliphatic rings. The van der Waals surface area contributed by atoms with Gasteiger partial charge < -0.3 is 21.4 Å². The third kappa shape index (κ3) is 3.21. The summed E-state index contributed by atoms with van der Waals surface area (Å²) in [5.74, 6) is -0.696. The minimum absolute atomic E-state index is 0.0534. The number of aryl methyl sites for hydroxylation is 1. The van der Waals surface area contributed by atoms with Crippen molar-refractivity contribution in [3.8, 4) is 0 Å². The average Bonchev–Trinajstić information content (AvgIpc) is 2.97. The van der Waals surface area contributed by atoms with E-state index in [1.165, 1.54) is 11.3 Å². The zero-order chi connectivity index (χ0) is 18.9. The van der Waals surface area contributed by atoms with Crippen molar-refractivity contribution >= 4 is 22.7 Å². The maximum atomic E-state index is 13.2. The molecule has 0 unspecified atom stereocenters. The molecule has 6 nitrogen and oxygen atoms in total. The molecule has 1 aromatic heterocycles. The Labute approximate surface area is 153 Å². The molecule has 1 heterocycles. The van der Waals surface area contributed by atoms with Crippen LogP contribution in [0.5, 0.6) is 0 Å². The fraction of sp³-hybridized carbons (Fsp3) is 0.500. The molecule has 1 aliphatic carbocycles. The van der Waals surface area contributed by atoms with Gasteiger partial charge in [0, 0.05) is 23.0 Å². The number of carbonyl (C=O) groups excluding carboxylic acids is 2. The van der Waals surface area contributed by atoms with Crippen molar-refractivity contribution in [2.45, 2.75) is 51.6 Å². The highest BCUT2D eigenvalue weighted by atomic mass is 16.2. The molecule has 3 rings (SSSR count). The van der Waals surface area contributed by atoms with E-state index in [-0.39, 0.29) is 11.8 Å². The highest BCUT2D eigenvalue weighted by Gasteiger charge is 2.43. The Hall–Kier alpha value is -2.34. The second-order valence-electron chi connectivity index (χ2n) is 7.51. The molecule has 6 heteroatoms. The largest absolute Gasteiger partial charge is 0.368 e. The van der Waals surface area contributed by atoms with Crippen molar-refractivity contribution in [2.24, 2.45) is 11.7 Å². The Morgan fingerprint density at radius 3 is 2.69 bits per heavy atom. The lowest BCUT2D eigenvalue weighted by Gasteiger charge is -2.38. The normalized spacial score (nSPS) is 20.8. The van der Waals surface area contributed by atoms with Gasteiger partial charge >= 0.3 is 0 Å². The van der Waals surface area contributed by atoms with Gasteiger partial charge in [-0.1, -0.05) is 39.0 Å². The van der Waals surface area contributed by atoms with Gasteiger partial charge in [-0.3, -0.25) is 9.59 Å². The first-order valence-electron chi connectivity index (χ1n) is 9.31. The summed E-state index contributed by atoms with van der Waals surface area (Å²) in [7, 11) is 0. The van der Waals surface area contributed by atoms with Gasteiger partial charge in [0.25, 0.3) is 0 Å². The van der Waals surface area contributed by atoms with E-state index in [4.69, 9.17) is 5.73 Å². The number of aromatic amines is 1. The Morgan fingerprint density at radius 2 is 2.04 bits per heavy atom. The van der Waals surface area contributed by atoms with E-state index in [1.54, 1.807) is 0 Å². The van der Waals surface area contributed by atoms with E-state index in [2.05, 4.69) is 27.8 Å². The van der Waals surface area contributed by atoms with Gasteiger partial charge in [0.2, 0.25) is 11.8 Å². The van der Waals surface area contributed by atoms with Crippen LogP contribution in [0.15, 0.2) is 24.3 Å². The summed E-state index contributed by atoms with van der Waals surface area (Å²) in [6, 6.07) is 7.51. The van der Waals surface area contributed by atoms with E-state index >= 15 is 0 Å². The summed E-state index contributed by atoms with van der Waals surface area (Å²) in [6.07, 6.45) is 2.05. The molecule has 2 atom stereocenters. The number of hydrogen-bond acceptors (Lipinski definition) is 3. The van der Waals surface area contributed by atoms with Crippen LogP contribution in [0.2, 0.25) is 0 Å². The van der Waals surface area contributed by atoms with Gasteiger partial charge in [-0.25, -0.2) is 0 Å². The lowest BCUT2D eigenvalue weighted by molar-refractivity contribution is -0.133. The third-order valence-electron chi connectivity index (χ3n) is 5.39. The number of nitrogens with two attached hydrogens (primary N) is 1. The van der Waals surface area contributed by atoms with Crippen molar-refractivity contribution in [3.63, 3.8) is 0 Å². The summed E-state index contributed by atoms with van der Waals surface area (Å²) in [5, 5.41) is 7.45. The molecule has 0 aliphatic heterocycles. The first kappa shape index (κ1) is 18.5. The van der Waals surface area contributed by atoms with Crippen molar-refractivity contribution in [3.05, 3.63) is 35.5 Å². The molecule has 0 fully saturated rings. The molecule has 0 spiro atoms. The highest BCUT2D eigenvalue weighted by molar-refractivity contribution is 5.93. The number of para-hydroxylation sites is 1. The van der Waals surface area contributed by atoms with Gasteiger partial charge in [-0.15, -0.1) is 0 Å². The first-order valence-corrected chi connectivity index (χ1v) is 9.31. The number of H-pyrrole nitrogens is 1. The Kier molecular flexibility index (Phi) is 5.05. The van der Waals surface area contributed by atoms with Crippen LogP contribution < -0.4 is 16.4 Å². The SMILES string of the molecule is CCN[C@@]1(C(=O)N[C@H](C(N)=O)C(C)C)CCc2[nH]c3ccccc3c2C1. The van der Waals surface area contributed by atoms with Gasteiger partial charge in [0.15, 0.2) is 0 Å².